The van der Waals surface area contributed by atoms with E-state index in [2.05, 4.69) is 10.3 Å². The monoisotopic (exact) mass is 505 g/mol. The van der Waals surface area contributed by atoms with E-state index in [-0.39, 0.29) is 35.7 Å². The van der Waals surface area contributed by atoms with Crippen molar-refractivity contribution in [1.29, 1.82) is 0 Å². The smallest absolute Gasteiger partial charge is 0.409 e. The highest BCUT2D eigenvalue weighted by Crippen LogP contribution is 2.24. The number of likely N-dealkylation sites (tertiary alicyclic amines) is 1. The van der Waals surface area contributed by atoms with E-state index in [1.807, 2.05) is 0 Å². The number of ether oxygens (including phenoxy) is 3. The van der Waals surface area contributed by atoms with Crippen LogP contribution >= 0.6 is 0 Å². The fraction of sp³-hybridized carbons (Fsp3) is 0.259. The maximum atomic E-state index is 12.4. The van der Waals surface area contributed by atoms with Crippen molar-refractivity contribution in [1.82, 2.24) is 9.88 Å². The van der Waals surface area contributed by atoms with Crippen LogP contribution < -0.4 is 14.8 Å². The van der Waals surface area contributed by atoms with Crippen molar-refractivity contribution >= 4 is 23.7 Å². The molecule has 0 aliphatic carbocycles. The molecule has 0 spiro atoms. The number of nitrogens with one attached hydrogen (secondary N) is 1. The fourth-order valence-electron chi connectivity index (χ4n) is 4.02. The van der Waals surface area contributed by atoms with Gasteiger partial charge >= 0.3 is 12.1 Å². The first-order chi connectivity index (χ1) is 17.9. The lowest BCUT2D eigenvalue weighted by Gasteiger charge is -2.23. The van der Waals surface area contributed by atoms with Gasteiger partial charge in [-0.3, -0.25) is 4.79 Å². The molecule has 1 aromatic heterocycles. The Labute approximate surface area is 213 Å². The van der Waals surface area contributed by atoms with Crippen LogP contribution in [0, 0.1) is 0 Å². The summed E-state index contributed by atoms with van der Waals surface area (Å²) in [6.45, 7) is 1.05. The van der Waals surface area contributed by atoms with Gasteiger partial charge in [0.05, 0.1) is 30.8 Å². The highest BCUT2D eigenvalue weighted by molar-refractivity contribution is 6.00. The van der Waals surface area contributed by atoms with Gasteiger partial charge in [-0.15, -0.1) is 0 Å². The van der Waals surface area contributed by atoms with Crippen molar-refractivity contribution in [2.24, 2.45) is 0 Å². The van der Waals surface area contributed by atoms with Crippen molar-refractivity contribution in [3.05, 3.63) is 78.0 Å². The van der Waals surface area contributed by atoms with Crippen LogP contribution in [0.4, 0.5) is 10.5 Å². The number of methoxy groups -OCH3 is 1. The first-order valence-corrected chi connectivity index (χ1v) is 11.8. The van der Waals surface area contributed by atoms with Gasteiger partial charge in [0.25, 0.3) is 0 Å². The summed E-state index contributed by atoms with van der Waals surface area (Å²) in [7, 11) is 1.38. The highest BCUT2D eigenvalue weighted by atomic mass is 16.5. The van der Waals surface area contributed by atoms with Crippen molar-refractivity contribution in [2.75, 3.05) is 25.6 Å². The van der Waals surface area contributed by atoms with Crippen molar-refractivity contribution in [2.45, 2.75) is 25.3 Å². The topological polar surface area (TPSA) is 127 Å². The Balaban J connectivity index is 1.27. The van der Waals surface area contributed by atoms with Gasteiger partial charge in [0.2, 0.25) is 11.8 Å². The fourth-order valence-corrected chi connectivity index (χ4v) is 4.02. The average Bonchev–Trinajstić information content (AvgIpc) is 3.38. The Kier molecular flexibility index (Phi) is 8.19. The zero-order chi connectivity index (χ0) is 26.2. The molecule has 1 atom stereocenters. The molecule has 37 heavy (non-hydrogen) atoms. The second kappa shape index (κ2) is 11.9. The van der Waals surface area contributed by atoms with E-state index in [4.69, 9.17) is 14.2 Å². The first-order valence-electron chi connectivity index (χ1n) is 11.8. The SMILES string of the molecule is COC(=O)N1CCC[C@@H]1COc1ccc(Oc2ccc(CC(=O)Nc3ccccc3C(=O)O)cn2)cc1. The van der Waals surface area contributed by atoms with Crippen molar-refractivity contribution < 1.29 is 33.7 Å². The number of rotatable bonds is 9. The third kappa shape index (κ3) is 6.75. The molecule has 10 heteroatoms. The molecule has 192 valence electrons. The van der Waals surface area contributed by atoms with Gasteiger partial charge in [0.1, 0.15) is 18.1 Å². The number of hydrogen-bond acceptors (Lipinski definition) is 7. The minimum atomic E-state index is -1.11. The van der Waals surface area contributed by atoms with Gasteiger partial charge in [0.15, 0.2) is 0 Å². The van der Waals surface area contributed by atoms with E-state index >= 15 is 0 Å². The largest absolute Gasteiger partial charge is 0.491 e. The number of pyridine rings is 1. The number of aromatic nitrogens is 1. The molecule has 10 nitrogen and oxygen atoms in total. The van der Waals surface area contributed by atoms with E-state index in [0.29, 0.717) is 36.1 Å². The molecule has 0 saturated carbocycles. The molecule has 2 amide bonds. The van der Waals surface area contributed by atoms with E-state index in [1.165, 1.54) is 19.4 Å². The number of para-hydroxylation sites is 1. The minimum absolute atomic E-state index is 0.0138. The quantitative estimate of drug-likeness (QED) is 0.439. The summed E-state index contributed by atoms with van der Waals surface area (Å²) in [6, 6.07) is 16.6. The Hall–Kier alpha value is -4.60. The molecule has 2 N–H and O–H groups in total. The van der Waals surface area contributed by atoms with Crippen LogP contribution in [0.25, 0.3) is 0 Å². The minimum Gasteiger partial charge on any atom is -0.491 e. The average molecular weight is 506 g/mol. The Morgan fingerprint density at radius 1 is 1.05 bits per heavy atom. The van der Waals surface area contributed by atoms with Gasteiger partial charge in [-0.05, 0) is 54.8 Å². The molecule has 1 saturated heterocycles. The first kappa shape index (κ1) is 25.5. The molecule has 0 radical (unpaired) electrons. The molecule has 2 aromatic carbocycles. The second-order valence-corrected chi connectivity index (χ2v) is 8.42. The number of anilines is 1. The maximum Gasteiger partial charge on any atom is 0.409 e. The number of benzene rings is 2. The van der Waals surface area contributed by atoms with Crippen LogP contribution in [0.5, 0.6) is 17.4 Å². The number of carboxylic acids is 1. The summed E-state index contributed by atoms with van der Waals surface area (Å²) >= 11 is 0. The maximum absolute atomic E-state index is 12.4. The third-order valence-corrected chi connectivity index (χ3v) is 5.87. The van der Waals surface area contributed by atoms with Gasteiger partial charge in [-0.25, -0.2) is 14.6 Å². The van der Waals surface area contributed by atoms with E-state index in [9.17, 15) is 19.5 Å². The highest BCUT2D eigenvalue weighted by Gasteiger charge is 2.29. The zero-order valence-electron chi connectivity index (χ0n) is 20.3. The van der Waals surface area contributed by atoms with Gasteiger partial charge in [0, 0.05) is 18.8 Å². The lowest BCUT2D eigenvalue weighted by atomic mass is 10.1. The van der Waals surface area contributed by atoms with Crippen LogP contribution in [0.3, 0.4) is 0 Å². The number of nitrogens with zero attached hydrogens (tertiary/aromatic N) is 2. The molecule has 4 rings (SSSR count). The molecule has 0 unspecified atom stereocenters. The molecule has 0 bridgehead atoms. The number of aromatic carboxylic acids is 1. The molecule has 1 aliphatic heterocycles. The van der Waals surface area contributed by atoms with Gasteiger partial charge in [-0.1, -0.05) is 18.2 Å². The Morgan fingerprint density at radius 2 is 1.81 bits per heavy atom. The van der Waals surface area contributed by atoms with E-state index in [1.54, 1.807) is 59.5 Å². The van der Waals surface area contributed by atoms with Crippen LogP contribution in [-0.4, -0.2) is 59.3 Å². The Morgan fingerprint density at radius 3 is 2.51 bits per heavy atom. The van der Waals surface area contributed by atoms with Crippen LogP contribution in [0.1, 0.15) is 28.8 Å². The predicted molar refractivity (Wildman–Crippen MR) is 134 cm³/mol. The number of carboxylic acid groups (broad SMARTS) is 1. The number of hydrogen-bond donors (Lipinski definition) is 2. The van der Waals surface area contributed by atoms with Gasteiger partial charge < -0.3 is 29.5 Å². The van der Waals surface area contributed by atoms with E-state index < -0.39 is 5.97 Å². The predicted octanol–water partition coefficient (Wildman–Crippen LogP) is 4.36. The standard InChI is InChI=1S/C27H27N3O7/c1-35-27(34)30-14-4-5-19(30)17-36-20-9-11-21(12-10-20)37-25-13-8-18(16-28-25)15-24(31)29-23-7-3-2-6-22(23)26(32)33/h2-3,6-13,16,19H,4-5,14-15,17H2,1H3,(H,29,31)(H,32,33)/t19-/m1/s1. The van der Waals surface area contributed by atoms with Gasteiger partial charge in [-0.2, -0.15) is 0 Å². The molecule has 2 heterocycles. The molecule has 1 fully saturated rings. The number of amides is 2. The summed E-state index contributed by atoms with van der Waals surface area (Å²) in [6.07, 6.45) is 3.02. The van der Waals surface area contributed by atoms with E-state index in [0.717, 1.165) is 12.8 Å². The molecular formula is C27H27N3O7. The second-order valence-electron chi connectivity index (χ2n) is 8.42. The molecular weight excluding hydrogens is 478 g/mol. The summed E-state index contributed by atoms with van der Waals surface area (Å²) in [5, 5.41) is 11.9. The number of carbonyl (C=O) groups excluding carboxylic acids is 2. The summed E-state index contributed by atoms with van der Waals surface area (Å²) in [5.74, 6) is 0.106. The van der Waals surface area contributed by atoms with Crippen molar-refractivity contribution in [3.8, 4) is 17.4 Å². The summed E-state index contributed by atoms with van der Waals surface area (Å²) in [4.78, 5) is 41.4. The lowest BCUT2D eigenvalue weighted by molar-refractivity contribution is -0.115. The number of carbonyl (C=O) groups is 3. The van der Waals surface area contributed by atoms with Crippen LogP contribution in [-0.2, 0) is 16.0 Å². The summed E-state index contributed by atoms with van der Waals surface area (Å²) < 4.78 is 16.4. The normalized spacial score (nSPS) is 14.6. The Bertz CT molecular complexity index is 1250. The third-order valence-electron chi connectivity index (χ3n) is 5.87. The molecule has 1 aliphatic rings. The zero-order valence-corrected chi connectivity index (χ0v) is 20.3. The van der Waals surface area contributed by atoms with Crippen molar-refractivity contribution in [3.63, 3.8) is 0 Å². The summed E-state index contributed by atoms with van der Waals surface area (Å²) in [5.41, 5.74) is 0.912. The lowest BCUT2D eigenvalue weighted by Crippen LogP contribution is -2.38. The molecule has 3 aromatic rings. The van der Waals surface area contributed by atoms with Crippen LogP contribution in [0.15, 0.2) is 66.9 Å². The van der Waals surface area contributed by atoms with Crippen LogP contribution in [0.2, 0.25) is 0 Å².